The van der Waals surface area contributed by atoms with Crippen molar-refractivity contribution in [2.45, 2.75) is 20.3 Å². The first kappa shape index (κ1) is 10.5. The van der Waals surface area contributed by atoms with E-state index in [9.17, 15) is 0 Å². The Bertz CT molecular complexity index is 314. The van der Waals surface area contributed by atoms with Gasteiger partial charge in [0, 0.05) is 13.1 Å². The summed E-state index contributed by atoms with van der Waals surface area (Å²) in [5.41, 5.74) is 1.87. The highest BCUT2D eigenvalue weighted by atomic mass is 16.5. The first-order valence-electron chi connectivity index (χ1n) is 5.64. The third-order valence-corrected chi connectivity index (χ3v) is 2.97. The summed E-state index contributed by atoms with van der Waals surface area (Å²) in [6, 6.07) is 8.48. The smallest absolute Gasteiger partial charge is 0.119 e. The highest BCUT2D eigenvalue weighted by molar-refractivity contribution is 5.28. The summed E-state index contributed by atoms with van der Waals surface area (Å²) >= 11 is 0. The maximum Gasteiger partial charge on any atom is 0.119 e. The van der Waals surface area contributed by atoms with Crippen LogP contribution in [-0.4, -0.2) is 19.7 Å². The maximum atomic E-state index is 5.42. The van der Waals surface area contributed by atoms with Gasteiger partial charge in [-0.3, -0.25) is 0 Å². The first-order chi connectivity index (χ1) is 7.22. The Morgan fingerprint density at radius 3 is 2.40 bits per heavy atom. The first-order valence-corrected chi connectivity index (χ1v) is 5.64. The molecule has 2 nitrogen and oxygen atoms in total. The minimum Gasteiger partial charge on any atom is -0.494 e. The molecule has 0 unspecified atom stereocenters. The lowest BCUT2D eigenvalue weighted by molar-refractivity contribution is 0.195. The highest BCUT2D eigenvalue weighted by Crippen LogP contribution is 2.27. The Balaban J connectivity index is 1.97. The van der Waals surface area contributed by atoms with Crippen molar-refractivity contribution in [2.75, 3.05) is 19.7 Å². The van der Waals surface area contributed by atoms with Gasteiger partial charge in [-0.1, -0.05) is 19.1 Å². The zero-order valence-corrected chi connectivity index (χ0v) is 9.55. The molecule has 0 bridgehead atoms. The molecule has 0 saturated carbocycles. The maximum absolute atomic E-state index is 5.42. The number of hydrogen-bond donors (Lipinski definition) is 1. The number of rotatable bonds is 4. The summed E-state index contributed by atoms with van der Waals surface area (Å²) in [5.74, 6) is 0.970. The predicted octanol–water partition coefficient (Wildman–Crippen LogP) is 2.24. The second-order valence-electron chi connectivity index (χ2n) is 4.67. The molecule has 0 atom stereocenters. The second-order valence-corrected chi connectivity index (χ2v) is 4.67. The Morgan fingerprint density at radius 1 is 1.27 bits per heavy atom. The van der Waals surface area contributed by atoms with Crippen molar-refractivity contribution in [3.05, 3.63) is 29.8 Å². The number of hydrogen-bond acceptors (Lipinski definition) is 2. The van der Waals surface area contributed by atoms with Crippen LogP contribution in [-0.2, 0) is 6.42 Å². The van der Waals surface area contributed by atoms with E-state index in [4.69, 9.17) is 4.74 Å². The van der Waals surface area contributed by atoms with Crippen molar-refractivity contribution >= 4 is 0 Å². The lowest BCUT2D eigenvalue weighted by atomic mass is 9.78. The summed E-state index contributed by atoms with van der Waals surface area (Å²) < 4.78 is 5.42. The van der Waals surface area contributed by atoms with Crippen LogP contribution in [0.4, 0.5) is 0 Å². The Hall–Kier alpha value is -1.02. The van der Waals surface area contributed by atoms with E-state index in [-0.39, 0.29) is 0 Å². The molecule has 1 aromatic carbocycles. The molecule has 2 heteroatoms. The van der Waals surface area contributed by atoms with E-state index in [1.807, 2.05) is 6.92 Å². The Labute approximate surface area is 91.6 Å². The molecule has 1 heterocycles. The molecule has 0 spiro atoms. The van der Waals surface area contributed by atoms with Crippen LogP contribution in [0.1, 0.15) is 19.4 Å². The molecule has 0 radical (unpaired) electrons. The van der Waals surface area contributed by atoms with E-state index in [1.165, 1.54) is 5.56 Å². The van der Waals surface area contributed by atoms with Gasteiger partial charge in [-0.05, 0) is 36.5 Å². The molecule has 1 aromatic rings. The lowest BCUT2D eigenvalue weighted by Crippen LogP contribution is -2.52. The Kier molecular flexibility index (Phi) is 2.96. The van der Waals surface area contributed by atoms with Crippen LogP contribution in [0.3, 0.4) is 0 Å². The zero-order valence-electron chi connectivity index (χ0n) is 9.55. The minimum absolute atomic E-state index is 0.465. The number of benzene rings is 1. The van der Waals surface area contributed by atoms with Crippen molar-refractivity contribution in [3.63, 3.8) is 0 Å². The molecular formula is C13H19NO. The summed E-state index contributed by atoms with van der Waals surface area (Å²) in [6.07, 6.45) is 1.16. The van der Waals surface area contributed by atoms with Gasteiger partial charge in [0.15, 0.2) is 0 Å². The van der Waals surface area contributed by atoms with E-state index < -0.39 is 0 Å². The molecule has 1 saturated heterocycles. The fourth-order valence-corrected chi connectivity index (χ4v) is 2.04. The van der Waals surface area contributed by atoms with Crippen LogP contribution < -0.4 is 10.1 Å². The number of ether oxygens (including phenoxy) is 1. The molecular weight excluding hydrogens is 186 g/mol. The number of nitrogens with one attached hydrogen (secondary N) is 1. The second kappa shape index (κ2) is 4.23. The minimum atomic E-state index is 0.465. The van der Waals surface area contributed by atoms with Gasteiger partial charge in [-0.2, -0.15) is 0 Å². The van der Waals surface area contributed by atoms with Gasteiger partial charge < -0.3 is 10.1 Å². The van der Waals surface area contributed by atoms with Crippen molar-refractivity contribution < 1.29 is 4.74 Å². The summed E-state index contributed by atoms with van der Waals surface area (Å²) in [4.78, 5) is 0. The van der Waals surface area contributed by atoms with Crippen LogP contribution in [0.5, 0.6) is 5.75 Å². The van der Waals surface area contributed by atoms with Gasteiger partial charge in [0.2, 0.25) is 0 Å². The molecule has 1 aliphatic heterocycles. The van der Waals surface area contributed by atoms with Gasteiger partial charge in [-0.15, -0.1) is 0 Å². The average molecular weight is 205 g/mol. The van der Waals surface area contributed by atoms with E-state index in [1.54, 1.807) is 0 Å². The molecule has 0 amide bonds. The van der Waals surface area contributed by atoms with Crippen molar-refractivity contribution in [2.24, 2.45) is 5.41 Å². The lowest BCUT2D eigenvalue weighted by Gasteiger charge is -2.39. The van der Waals surface area contributed by atoms with Crippen LogP contribution in [0.2, 0.25) is 0 Å². The quantitative estimate of drug-likeness (QED) is 0.814. The molecule has 82 valence electrons. The fourth-order valence-electron chi connectivity index (χ4n) is 2.04. The summed E-state index contributed by atoms with van der Waals surface area (Å²) in [6.45, 7) is 7.36. The van der Waals surface area contributed by atoms with Crippen molar-refractivity contribution in [3.8, 4) is 5.75 Å². The van der Waals surface area contributed by atoms with E-state index in [0.29, 0.717) is 5.41 Å². The van der Waals surface area contributed by atoms with Crippen LogP contribution in [0.25, 0.3) is 0 Å². The molecule has 2 rings (SSSR count). The van der Waals surface area contributed by atoms with Gasteiger partial charge in [0.05, 0.1) is 6.61 Å². The van der Waals surface area contributed by atoms with E-state index in [0.717, 1.165) is 31.9 Å². The SMILES string of the molecule is CCOc1ccc(CC2(C)CNC2)cc1. The van der Waals surface area contributed by atoms with Gasteiger partial charge in [0.25, 0.3) is 0 Å². The zero-order chi connectivity index (χ0) is 10.7. The van der Waals surface area contributed by atoms with E-state index >= 15 is 0 Å². The normalized spacial score (nSPS) is 18.3. The molecule has 1 fully saturated rings. The summed E-state index contributed by atoms with van der Waals surface area (Å²) in [5, 5.41) is 3.33. The van der Waals surface area contributed by atoms with Gasteiger partial charge >= 0.3 is 0 Å². The van der Waals surface area contributed by atoms with Crippen LogP contribution in [0, 0.1) is 5.41 Å². The predicted molar refractivity (Wildman–Crippen MR) is 62.3 cm³/mol. The summed E-state index contributed by atoms with van der Waals surface area (Å²) in [7, 11) is 0. The topological polar surface area (TPSA) is 21.3 Å². The van der Waals surface area contributed by atoms with Gasteiger partial charge in [-0.25, -0.2) is 0 Å². The third kappa shape index (κ3) is 2.51. The fraction of sp³-hybridized carbons (Fsp3) is 0.538. The molecule has 15 heavy (non-hydrogen) atoms. The Morgan fingerprint density at radius 2 is 1.93 bits per heavy atom. The molecule has 0 aliphatic carbocycles. The standard InChI is InChI=1S/C13H19NO/c1-3-15-12-6-4-11(5-7-12)8-13(2)9-14-10-13/h4-7,14H,3,8-10H2,1-2H3. The van der Waals surface area contributed by atoms with Crippen LogP contribution >= 0.6 is 0 Å². The molecule has 1 N–H and O–H groups in total. The highest BCUT2D eigenvalue weighted by Gasteiger charge is 2.31. The van der Waals surface area contributed by atoms with Gasteiger partial charge in [0.1, 0.15) is 5.75 Å². The van der Waals surface area contributed by atoms with E-state index in [2.05, 4.69) is 36.5 Å². The average Bonchev–Trinajstić information content (AvgIpc) is 2.19. The molecule has 1 aliphatic rings. The van der Waals surface area contributed by atoms with Crippen molar-refractivity contribution in [1.29, 1.82) is 0 Å². The van der Waals surface area contributed by atoms with Crippen LogP contribution in [0.15, 0.2) is 24.3 Å². The monoisotopic (exact) mass is 205 g/mol. The van der Waals surface area contributed by atoms with Crippen molar-refractivity contribution in [1.82, 2.24) is 5.32 Å². The largest absolute Gasteiger partial charge is 0.494 e. The third-order valence-electron chi connectivity index (χ3n) is 2.97. The molecule has 0 aromatic heterocycles.